The minimum atomic E-state index is -3.98. The number of sulfonamides is 1. The number of rotatable bonds is 9. The van der Waals surface area contributed by atoms with Gasteiger partial charge in [0.25, 0.3) is 0 Å². The first-order valence-electron chi connectivity index (χ1n) is 20.4. The molecule has 4 heterocycles. The van der Waals surface area contributed by atoms with E-state index in [1.54, 1.807) is 17.9 Å². The highest BCUT2D eigenvalue weighted by atomic mass is 32.2. The number of hydrogen-bond acceptors (Lipinski definition) is 10. The van der Waals surface area contributed by atoms with Crippen molar-refractivity contribution in [2.75, 3.05) is 40.0 Å². The van der Waals surface area contributed by atoms with Crippen LogP contribution < -0.4 is 14.2 Å². The van der Waals surface area contributed by atoms with Crippen molar-refractivity contribution in [3.8, 4) is 11.6 Å². The van der Waals surface area contributed by atoms with Crippen LogP contribution in [0.5, 0.6) is 11.6 Å². The smallest absolute Gasteiger partial charge is 0.240 e. The van der Waals surface area contributed by atoms with Gasteiger partial charge in [-0.1, -0.05) is 32.4 Å². The molecule has 310 valence electrons. The molecule has 2 aliphatic carbocycles. The summed E-state index contributed by atoms with van der Waals surface area (Å²) in [4.78, 5) is 65.4. The van der Waals surface area contributed by atoms with Gasteiger partial charge >= 0.3 is 0 Å². The quantitative estimate of drug-likeness (QED) is 0.343. The van der Waals surface area contributed by atoms with Crippen LogP contribution in [0.25, 0.3) is 10.8 Å². The molecule has 15 heteroatoms. The molecule has 57 heavy (non-hydrogen) atoms. The number of benzene rings is 1. The Balaban J connectivity index is 1.24. The first-order chi connectivity index (χ1) is 27.2. The lowest BCUT2D eigenvalue weighted by atomic mass is 9.79. The van der Waals surface area contributed by atoms with Crippen molar-refractivity contribution in [3.05, 3.63) is 42.4 Å². The van der Waals surface area contributed by atoms with Gasteiger partial charge in [0.1, 0.15) is 17.7 Å². The Morgan fingerprint density at radius 1 is 1.12 bits per heavy atom. The molecule has 1 aromatic heterocycles. The molecule has 3 aliphatic heterocycles. The molecule has 5 aliphatic rings. The van der Waals surface area contributed by atoms with E-state index in [4.69, 9.17) is 14.2 Å². The largest absolute Gasteiger partial charge is 0.494 e. The van der Waals surface area contributed by atoms with Gasteiger partial charge in [-0.2, -0.15) is 0 Å². The molecule has 0 radical (unpaired) electrons. The summed E-state index contributed by atoms with van der Waals surface area (Å²) in [5, 5.41) is 0.931. The van der Waals surface area contributed by atoms with Crippen molar-refractivity contribution in [2.24, 2.45) is 29.1 Å². The van der Waals surface area contributed by atoms with Crippen molar-refractivity contribution in [1.29, 1.82) is 0 Å². The summed E-state index contributed by atoms with van der Waals surface area (Å²) in [6.07, 6.45) is 8.49. The molecule has 2 saturated carbocycles. The Labute approximate surface area is 334 Å². The first kappa shape index (κ1) is 41.1. The molecule has 1 aromatic carbocycles. The van der Waals surface area contributed by atoms with E-state index in [1.165, 1.54) is 30.3 Å². The van der Waals surface area contributed by atoms with Gasteiger partial charge in [0.15, 0.2) is 5.78 Å². The molecular formula is C42H55FN4O9S. The van der Waals surface area contributed by atoms with Gasteiger partial charge in [0, 0.05) is 43.7 Å². The Kier molecular flexibility index (Phi) is 11.7. The fourth-order valence-corrected chi connectivity index (χ4v) is 10.4. The minimum absolute atomic E-state index is 0.0107. The predicted octanol–water partition coefficient (Wildman–Crippen LogP) is 4.96. The molecule has 7 rings (SSSR count). The number of fused-ring (bicyclic) bond motifs is 3. The summed E-state index contributed by atoms with van der Waals surface area (Å²) in [6, 6.07) is 3.15. The second kappa shape index (κ2) is 16.3. The maximum absolute atomic E-state index is 15.1. The lowest BCUT2D eigenvalue weighted by molar-refractivity contribution is -0.148. The van der Waals surface area contributed by atoms with Gasteiger partial charge in [-0.3, -0.25) is 23.9 Å². The van der Waals surface area contributed by atoms with Crippen LogP contribution >= 0.6 is 0 Å². The Bertz CT molecular complexity index is 2030. The molecule has 2 aromatic rings. The third-order valence-corrected chi connectivity index (χ3v) is 15.3. The number of allylic oxidation sites excluding steroid dienone is 2. The summed E-state index contributed by atoms with van der Waals surface area (Å²) >= 11 is 0. The van der Waals surface area contributed by atoms with Gasteiger partial charge in [-0.25, -0.2) is 17.8 Å². The minimum Gasteiger partial charge on any atom is -0.494 e. The zero-order valence-electron chi connectivity index (χ0n) is 33.3. The molecule has 3 amide bonds. The van der Waals surface area contributed by atoms with Crippen LogP contribution in [0.2, 0.25) is 0 Å². The van der Waals surface area contributed by atoms with Gasteiger partial charge in [-0.15, -0.1) is 0 Å². The fraction of sp³-hybridized carbons (Fsp3) is 0.643. The monoisotopic (exact) mass is 810 g/mol. The first-order valence-corrected chi connectivity index (χ1v) is 21.9. The third kappa shape index (κ3) is 8.41. The van der Waals surface area contributed by atoms with Gasteiger partial charge in [-0.05, 0) is 81.4 Å². The lowest BCUT2D eigenvalue weighted by Crippen LogP contribution is -2.49. The van der Waals surface area contributed by atoms with Crippen molar-refractivity contribution in [1.82, 2.24) is 19.5 Å². The Morgan fingerprint density at radius 2 is 1.88 bits per heavy atom. The number of aromatic nitrogens is 1. The number of ketones is 1. The van der Waals surface area contributed by atoms with E-state index in [1.807, 2.05) is 19.1 Å². The number of ether oxygens (including phenoxy) is 3. The summed E-state index contributed by atoms with van der Waals surface area (Å²) < 4.78 is 59.8. The number of amides is 3. The molecule has 0 bridgehead atoms. The summed E-state index contributed by atoms with van der Waals surface area (Å²) in [7, 11) is -2.49. The topological polar surface area (TPSA) is 162 Å². The van der Waals surface area contributed by atoms with Crippen LogP contribution in [-0.4, -0.2) is 104 Å². The van der Waals surface area contributed by atoms with E-state index in [2.05, 4.69) is 16.6 Å². The number of carbonyl (C=O) groups excluding carboxylic acids is 4. The van der Waals surface area contributed by atoms with E-state index in [0.29, 0.717) is 81.4 Å². The van der Waals surface area contributed by atoms with Crippen LogP contribution in [0.1, 0.15) is 85.0 Å². The number of pyridine rings is 1. The number of carbonyl (C=O) groups is 4. The van der Waals surface area contributed by atoms with E-state index >= 15 is 4.79 Å². The molecule has 7 atom stereocenters. The normalized spacial score (nSPS) is 31.0. The summed E-state index contributed by atoms with van der Waals surface area (Å²) in [5.74, 6) is -2.57. The van der Waals surface area contributed by atoms with Crippen LogP contribution in [0.4, 0.5) is 4.39 Å². The van der Waals surface area contributed by atoms with Gasteiger partial charge in [0.05, 0.1) is 54.7 Å². The highest BCUT2D eigenvalue weighted by Crippen LogP contribution is 2.58. The van der Waals surface area contributed by atoms with Gasteiger partial charge < -0.3 is 24.0 Å². The number of hydrogen-bond donors (Lipinski definition) is 1. The SMILES string of the molecule is CC[C@@H]1C[C@H](C)CC/C=C\[C@@H]2C[C@@]2(C(=O)NS(=O)(=O)C2(C)CC2)CC(=O)[C@@H]2C[C@@H](Oc3ncc(OC)c4ccc(F)cc34)CN2C(=O)[C@H]1CC(=O)N1CCOCC1. The van der Waals surface area contributed by atoms with E-state index in [9.17, 15) is 27.2 Å². The molecule has 1 N–H and O–H groups in total. The fourth-order valence-electron chi connectivity index (χ4n) is 9.05. The number of nitrogens with one attached hydrogen (secondary N) is 1. The number of methoxy groups -OCH3 is 1. The van der Waals surface area contributed by atoms with Crippen molar-refractivity contribution in [2.45, 2.75) is 102 Å². The van der Waals surface area contributed by atoms with Gasteiger partial charge in [0.2, 0.25) is 33.6 Å². The standard InChI is InChI=1S/C42H55FN4O9S/c1-5-27-18-26(2)8-6-7-9-28-22-42(28,40(51)45-57(52,53)41(3)12-13-41)23-35(48)34-20-30(56-38-33-19-29(43)10-11-31(33)36(54-4)24-44-38)25-47(34)39(50)32(27)21-37(49)46-14-16-55-17-15-46/h7,9-11,19,24,26-28,30,32,34H,5-6,8,12-18,20-23,25H2,1-4H3,(H,45,51)/b9-7-/t26-,27-,28-,30-,32+,34+,42-/m1/s1. The average molecular weight is 811 g/mol. The average Bonchev–Trinajstić information content (AvgIpc) is 4.07. The van der Waals surface area contributed by atoms with Crippen LogP contribution in [-0.2, 0) is 33.9 Å². The molecule has 0 spiro atoms. The number of nitrogens with zero attached hydrogens (tertiary/aromatic N) is 3. The molecular weight excluding hydrogens is 756 g/mol. The number of halogens is 1. The third-order valence-electron chi connectivity index (χ3n) is 13.2. The van der Waals surface area contributed by atoms with Crippen LogP contribution in [0, 0.1) is 34.9 Å². The van der Waals surface area contributed by atoms with E-state index in [-0.39, 0.29) is 67.0 Å². The molecule has 0 unspecified atom stereocenters. The van der Waals surface area contributed by atoms with E-state index in [0.717, 1.165) is 6.42 Å². The van der Waals surface area contributed by atoms with Crippen molar-refractivity contribution >= 4 is 44.3 Å². The summed E-state index contributed by atoms with van der Waals surface area (Å²) in [6.45, 7) is 7.46. The second-order valence-electron chi connectivity index (χ2n) is 17.1. The van der Waals surface area contributed by atoms with Crippen molar-refractivity contribution in [3.63, 3.8) is 0 Å². The van der Waals surface area contributed by atoms with Crippen molar-refractivity contribution < 1.29 is 46.2 Å². The summed E-state index contributed by atoms with van der Waals surface area (Å²) in [5.41, 5.74) is -1.30. The second-order valence-corrected chi connectivity index (χ2v) is 19.3. The zero-order valence-corrected chi connectivity index (χ0v) is 34.2. The highest BCUT2D eigenvalue weighted by molar-refractivity contribution is 7.91. The lowest BCUT2D eigenvalue weighted by Gasteiger charge is -2.35. The molecule has 13 nitrogen and oxygen atoms in total. The van der Waals surface area contributed by atoms with E-state index < -0.39 is 50.0 Å². The maximum atomic E-state index is 15.1. The highest BCUT2D eigenvalue weighted by Gasteiger charge is 2.62. The number of morpholine rings is 1. The Morgan fingerprint density at radius 3 is 2.58 bits per heavy atom. The van der Waals surface area contributed by atoms with Crippen LogP contribution in [0.15, 0.2) is 36.5 Å². The molecule has 4 fully saturated rings. The molecule has 2 saturated heterocycles. The van der Waals surface area contributed by atoms with Crippen LogP contribution in [0.3, 0.4) is 0 Å². The zero-order chi connectivity index (χ0) is 40.7. The maximum Gasteiger partial charge on any atom is 0.240 e. The predicted molar refractivity (Wildman–Crippen MR) is 209 cm³/mol. The number of Topliss-reactive ketones (excluding diaryl/α,β-unsaturated/α-hetero) is 1. The Hall–Kier alpha value is -4.11.